The van der Waals surface area contributed by atoms with E-state index in [0.717, 1.165) is 6.42 Å². The van der Waals surface area contributed by atoms with E-state index < -0.39 is 17.8 Å². The van der Waals surface area contributed by atoms with Gasteiger partial charge in [-0.15, -0.1) is 0 Å². The van der Waals surface area contributed by atoms with Gasteiger partial charge in [0.05, 0.1) is 18.2 Å². The summed E-state index contributed by atoms with van der Waals surface area (Å²) in [5.74, 6) is -1.01. The van der Waals surface area contributed by atoms with Crippen molar-refractivity contribution in [3.63, 3.8) is 0 Å². The van der Waals surface area contributed by atoms with E-state index in [1.165, 1.54) is 12.1 Å². The Bertz CT molecular complexity index is 643. The zero-order valence-corrected chi connectivity index (χ0v) is 14.5. The third-order valence-electron chi connectivity index (χ3n) is 3.44. The van der Waals surface area contributed by atoms with E-state index in [2.05, 4.69) is 10.6 Å². The number of rotatable bonds is 5. The lowest BCUT2D eigenvalue weighted by Crippen LogP contribution is -2.46. The van der Waals surface area contributed by atoms with Crippen molar-refractivity contribution in [2.24, 2.45) is 0 Å². The van der Waals surface area contributed by atoms with Crippen molar-refractivity contribution in [2.45, 2.75) is 32.7 Å². The maximum absolute atomic E-state index is 14.3. The van der Waals surface area contributed by atoms with Crippen LogP contribution in [0.15, 0.2) is 29.5 Å². The first-order valence-electron chi connectivity index (χ1n) is 7.41. The van der Waals surface area contributed by atoms with Crippen LogP contribution < -0.4 is 10.6 Å². The number of hydrogen-bond donors (Lipinski definition) is 2. The number of allylic oxidation sites excluding steroid dienone is 1. The first-order chi connectivity index (χ1) is 11.0. The van der Waals surface area contributed by atoms with E-state index in [-0.39, 0.29) is 17.2 Å². The quantitative estimate of drug-likeness (QED) is 0.623. The van der Waals surface area contributed by atoms with Gasteiger partial charge in [-0.1, -0.05) is 31.0 Å². The average Bonchev–Trinajstić information content (AvgIpc) is 2.47. The Balaban J connectivity index is 2.60. The largest absolute Gasteiger partial charge is 0.463 e. The molecule has 2 N–H and O–H groups in total. The first kappa shape index (κ1) is 17.7. The molecule has 0 saturated heterocycles. The second kappa shape index (κ2) is 7.75. The lowest BCUT2D eigenvalue weighted by atomic mass is 9.93. The molecule has 1 atom stereocenters. The first-order valence-corrected chi connectivity index (χ1v) is 8.19. The Hall–Kier alpha value is -1.66. The second-order valence-corrected chi connectivity index (χ2v) is 5.84. The highest BCUT2D eigenvalue weighted by molar-refractivity contribution is 7.80. The monoisotopic (exact) mass is 356 g/mol. The fraction of sp³-hybridized carbons (Fsp3) is 0.375. The molecule has 23 heavy (non-hydrogen) atoms. The molecule has 1 heterocycles. The molecule has 0 fully saturated rings. The molecular weight excluding hydrogens is 339 g/mol. The lowest BCUT2D eigenvalue weighted by molar-refractivity contribution is -0.139. The molecule has 1 aliphatic heterocycles. The van der Waals surface area contributed by atoms with Gasteiger partial charge in [-0.2, -0.15) is 0 Å². The summed E-state index contributed by atoms with van der Waals surface area (Å²) in [6.07, 6.45) is 1.39. The predicted molar refractivity (Wildman–Crippen MR) is 91.6 cm³/mol. The third kappa shape index (κ3) is 3.82. The molecular formula is C16H18ClFN2O2S. The normalized spacial score (nSPS) is 17.6. The van der Waals surface area contributed by atoms with Crippen LogP contribution in [0.1, 0.15) is 38.3 Å². The molecule has 0 aliphatic carbocycles. The number of esters is 1. The highest BCUT2D eigenvalue weighted by Crippen LogP contribution is 2.34. The van der Waals surface area contributed by atoms with Crippen LogP contribution >= 0.6 is 23.8 Å². The second-order valence-electron chi connectivity index (χ2n) is 5.03. The average molecular weight is 357 g/mol. The van der Waals surface area contributed by atoms with E-state index in [4.69, 9.17) is 28.6 Å². The molecule has 124 valence electrons. The van der Waals surface area contributed by atoms with Gasteiger partial charge < -0.3 is 15.4 Å². The SMILES string of the molecule is CCCC1=C(C(=O)OCC)[C@H](c2c(F)cccc2Cl)NC(=S)N1. The van der Waals surface area contributed by atoms with E-state index in [9.17, 15) is 9.18 Å². The van der Waals surface area contributed by atoms with Gasteiger partial charge in [-0.3, -0.25) is 0 Å². The van der Waals surface area contributed by atoms with E-state index in [1.54, 1.807) is 13.0 Å². The molecule has 0 amide bonds. The topological polar surface area (TPSA) is 50.4 Å². The fourth-order valence-corrected chi connectivity index (χ4v) is 3.03. The van der Waals surface area contributed by atoms with Crippen molar-refractivity contribution in [3.05, 3.63) is 45.9 Å². The van der Waals surface area contributed by atoms with Crippen molar-refractivity contribution in [2.75, 3.05) is 6.61 Å². The molecule has 1 aromatic carbocycles. The summed E-state index contributed by atoms with van der Waals surface area (Å²) in [6, 6.07) is 3.62. The summed E-state index contributed by atoms with van der Waals surface area (Å²) >= 11 is 11.4. The van der Waals surface area contributed by atoms with Crippen LogP contribution in [0.25, 0.3) is 0 Å². The number of nitrogens with one attached hydrogen (secondary N) is 2. The van der Waals surface area contributed by atoms with Gasteiger partial charge >= 0.3 is 5.97 Å². The lowest BCUT2D eigenvalue weighted by Gasteiger charge is -2.31. The predicted octanol–water partition coefficient (Wildman–Crippen LogP) is 3.62. The van der Waals surface area contributed by atoms with Crippen molar-refractivity contribution in [1.29, 1.82) is 0 Å². The van der Waals surface area contributed by atoms with Gasteiger partial charge in [-0.05, 0) is 37.7 Å². The Morgan fingerprint density at radius 1 is 1.43 bits per heavy atom. The Kier molecular flexibility index (Phi) is 5.96. The van der Waals surface area contributed by atoms with Crippen molar-refractivity contribution in [1.82, 2.24) is 10.6 Å². The van der Waals surface area contributed by atoms with Crippen LogP contribution in [0.2, 0.25) is 5.02 Å². The van der Waals surface area contributed by atoms with E-state index in [1.807, 2.05) is 6.92 Å². The van der Waals surface area contributed by atoms with Crippen LogP contribution in [-0.4, -0.2) is 17.7 Å². The molecule has 0 saturated carbocycles. The summed E-state index contributed by atoms with van der Waals surface area (Å²) in [5.41, 5.74) is 1.14. The molecule has 4 nitrogen and oxygen atoms in total. The molecule has 0 radical (unpaired) electrons. The number of ether oxygens (including phenoxy) is 1. The smallest absolute Gasteiger partial charge is 0.338 e. The van der Waals surface area contributed by atoms with Gasteiger partial charge in [0.15, 0.2) is 5.11 Å². The number of carbonyl (C=O) groups is 1. The van der Waals surface area contributed by atoms with Gasteiger partial charge in [0.25, 0.3) is 0 Å². The maximum atomic E-state index is 14.3. The molecule has 7 heteroatoms. The number of hydrogen-bond acceptors (Lipinski definition) is 3. The van der Waals surface area contributed by atoms with Gasteiger partial charge in [0, 0.05) is 16.3 Å². The van der Waals surface area contributed by atoms with Crippen molar-refractivity contribution < 1.29 is 13.9 Å². The summed E-state index contributed by atoms with van der Waals surface area (Å²) in [4.78, 5) is 12.4. The van der Waals surface area contributed by atoms with E-state index in [0.29, 0.717) is 22.8 Å². The van der Waals surface area contributed by atoms with Crippen LogP contribution in [0.4, 0.5) is 4.39 Å². The fourth-order valence-electron chi connectivity index (χ4n) is 2.52. The number of carbonyl (C=O) groups excluding carboxylic acids is 1. The van der Waals surface area contributed by atoms with Crippen LogP contribution in [0, 0.1) is 5.82 Å². The Labute approximate surface area is 145 Å². The minimum Gasteiger partial charge on any atom is -0.463 e. The minimum atomic E-state index is -0.780. The van der Waals surface area contributed by atoms with Gasteiger partial charge in [-0.25, -0.2) is 9.18 Å². The number of thiocarbonyl (C=S) groups is 1. The number of benzene rings is 1. The highest BCUT2D eigenvalue weighted by atomic mass is 35.5. The van der Waals surface area contributed by atoms with Crippen molar-refractivity contribution in [3.8, 4) is 0 Å². The number of halogens is 2. The van der Waals surface area contributed by atoms with Gasteiger partial charge in [0.2, 0.25) is 0 Å². The van der Waals surface area contributed by atoms with Crippen LogP contribution in [-0.2, 0) is 9.53 Å². The van der Waals surface area contributed by atoms with E-state index >= 15 is 0 Å². The Morgan fingerprint density at radius 2 is 2.17 bits per heavy atom. The van der Waals surface area contributed by atoms with Crippen LogP contribution in [0.5, 0.6) is 0 Å². The summed E-state index contributed by atoms with van der Waals surface area (Å²) in [5, 5.41) is 6.46. The molecule has 0 spiro atoms. The third-order valence-corrected chi connectivity index (χ3v) is 3.99. The summed E-state index contributed by atoms with van der Waals surface area (Å²) in [6.45, 7) is 3.93. The maximum Gasteiger partial charge on any atom is 0.338 e. The molecule has 0 aromatic heterocycles. The van der Waals surface area contributed by atoms with Crippen molar-refractivity contribution >= 4 is 34.9 Å². The minimum absolute atomic E-state index is 0.190. The molecule has 0 bridgehead atoms. The molecule has 0 unspecified atom stereocenters. The highest BCUT2D eigenvalue weighted by Gasteiger charge is 2.34. The van der Waals surface area contributed by atoms with Crippen LogP contribution in [0.3, 0.4) is 0 Å². The standard InChI is InChI=1S/C16H18ClFN2O2S/c1-3-6-11-13(15(21)22-4-2)14(20-16(23)19-11)12-9(17)7-5-8-10(12)18/h5,7-8,14H,3-4,6H2,1-2H3,(H2,19,20,23)/t14-/m0/s1. The zero-order valence-electron chi connectivity index (χ0n) is 12.9. The Morgan fingerprint density at radius 3 is 2.78 bits per heavy atom. The molecule has 1 aromatic rings. The molecule has 1 aliphatic rings. The van der Waals surface area contributed by atoms with Gasteiger partial charge in [0.1, 0.15) is 5.82 Å². The summed E-state index contributed by atoms with van der Waals surface area (Å²) < 4.78 is 19.5. The zero-order chi connectivity index (χ0) is 17.0. The summed E-state index contributed by atoms with van der Waals surface area (Å²) in [7, 11) is 0. The molecule has 2 rings (SSSR count).